The minimum atomic E-state index is -2.32. The largest absolute Gasteiger partial charge is 0.465 e. The van der Waals surface area contributed by atoms with Gasteiger partial charge in [-0.25, -0.2) is 26.7 Å². The van der Waals surface area contributed by atoms with Crippen LogP contribution in [0.5, 0.6) is 5.88 Å². The van der Waals surface area contributed by atoms with Crippen molar-refractivity contribution < 1.29 is 36.2 Å². The highest BCUT2D eigenvalue weighted by atomic mass is 35.5. The van der Waals surface area contributed by atoms with Crippen molar-refractivity contribution in [3.63, 3.8) is 0 Å². The van der Waals surface area contributed by atoms with Gasteiger partial charge in [0.2, 0.25) is 11.7 Å². The Morgan fingerprint density at radius 1 is 0.923 bits per heavy atom. The van der Waals surface area contributed by atoms with Gasteiger partial charge in [-0.15, -0.1) is 0 Å². The molecule has 0 spiro atoms. The zero-order valence-electron chi connectivity index (χ0n) is 12.2. The van der Waals surface area contributed by atoms with Crippen molar-refractivity contribution >= 4 is 40.8 Å². The highest BCUT2D eigenvalue weighted by Gasteiger charge is 2.26. The molecule has 12 heteroatoms. The third kappa shape index (κ3) is 4.28. The molecule has 0 N–H and O–H groups in total. The van der Waals surface area contributed by atoms with Gasteiger partial charge in [-0.1, -0.05) is 34.8 Å². The van der Waals surface area contributed by atoms with E-state index in [9.17, 15) is 26.7 Å². The van der Waals surface area contributed by atoms with Gasteiger partial charge in [-0.2, -0.15) is 4.98 Å². The monoisotopic (exact) mass is 435 g/mol. The average molecular weight is 437 g/mol. The Hall–Kier alpha value is -1.84. The van der Waals surface area contributed by atoms with Gasteiger partial charge in [0, 0.05) is 0 Å². The lowest BCUT2D eigenvalue weighted by Gasteiger charge is -2.10. The van der Waals surface area contributed by atoms with Gasteiger partial charge in [0.15, 0.2) is 35.0 Å². The molecule has 1 aromatic heterocycles. The van der Waals surface area contributed by atoms with Gasteiger partial charge in [0.05, 0.1) is 10.6 Å². The standard InChI is InChI=1S/C14H5Cl3F5NO3/c15-5-1-6(16)14(23-13(5)17)26-3-7(24)25-2-4-8(18)10(20)12(22)11(21)9(4)19/h1H,2-3H2. The van der Waals surface area contributed by atoms with E-state index in [0.29, 0.717) is 0 Å². The fourth-order valence-corrected chi connectivity index (χ4v) is 2.17. The molecular weight excluding hydrogens is 432 g/mol. The first-order chi connectivity index (χ1) is 12.1. The molecule has 0 saturated heterocycles. The molecule has 4 nitrogen and oxygen atoms in total. The predicted octanol–water partition coefficient (Wildman–Crippen LogP) is 4.86. The molecule has 0 amide bonds. The molecule has 1 aromatic carbocycles. The Morgan fingerprint density at radius 3 is 2.04 bits per heavy atom. The number of carbonyl (C=O) groups is 1. The quantitative estimate of drug-likeness (QED) is 0.221. The molecular formula is C14H5Cl3F5NO3. The van der Waals surface area contributed by atoms with Gasteiger partial charge >= 0.3 is 5.97 Å². The summed E-state index contributed by atoms with van der Waals surface area (Å²) in [6, 6.07) is 1.19. The Labute approximate surface area is 157 Å². The van der Waals surface area contributed by atoms with E-state index in [0.717, 1.165) is 0 Å². The van der Waals surface area contributed by atoms with Crippen LogP contribution < -0.4 is 4.74 Å². The number of rotatable bonds is 5. The van der Waals surface area contributed by atoms with Crippen LogP contribution >= 0.6 is 34.8 Å². The molecule has 0 fully saturated rings. The maximum absolute atomic E-state index is 13.4. The highest BCUT2D eigenvalue weighted by Crippen LogP contribution is 2.30. The summed E-state index contributed by atoms with van der Waals surface area (Å²) < 4.78 is 75.2. The number of hydrogen-bond donors (Lipinski definition) is 0. The van der Waals surface area contributed by atoms with Crippen molar-refractivity contribution in [3.05, 3.63) is 55.9 Å². The summed E-state index contributed by atoms with van der Waals surface area (Å²) in [5.41, 5.74) is -1.31. The van der Waals surface area contributed by atoms with Gasteiger partial charge in [0.25, 0.3) is 0 Å². The molecule has 0 unspecified atom stereocenters. The number of benzene rings is 1. The normalized spacial score (nSPS) is 10.8. The SMILES string of the molecule is O=C(COc1nc(Cl)c(Cl)cc1Cl)OCc1c(F)c(F)c(F)c(F)c1F. The number of ether oxygens (including phenoxy) is 2. The molecule has 2 aromatic rings. The number of hydrogen-bond acceptors (Lipinski definition) is 4. The summed E-state index contributed by atoms with van der Waals surface area (Å²) in [7, 11) is 0. The van der Waals surface area contributed by atoms with Crippen molar-refractivity contribution in [2.75, 3.05) is 6.61 Å². The molecule has 0 aliphatic carbocycles. The number of halogens is 8. The zero-order valence-corrected chi connectivity index (χ0v) is 14.5. The Balaban J connectivity index is 2.03. The number of aromatic nitrogens is 1. The van der Waals surface area contributed by atoms with E-state index in [1.54, 1.807) is 0 Å². The molecule has 0 radical (unpaired) electrons. The molecule has 26 heavy (non-hydrogen) atoms. The first kappa shape index (κ1) is 20.5. The summed E-state index contributed by atoms with van der Waals surface area (Å²) in [6.07, 6.45) is 0. The minimum absolute atomic E-state index is 0.0258. The van der Waals surface area contributed by atoms with Crippen LogP contribution in [0.15, 0.2) is 6.07 Å². The molecule has 140 valence electrons. The van der Waals surface area contributed by atoms with Crippen LogP contribution in [0.1, 0.15) is 5.56 Å². The van der Waals surface area contributed by atoms with Crippen molar-refractivity contribution in [2.45, 2.75) is 6.61 Å². The van der Waals surface area contributed by atoms with E-state index >= 15 is 0 Å². The van der Waals surface area contributed by atoms with Gasteiger partial charge < -0.3 is 9.47 Å². The van der Waals surface area contributed by atoms with E-state index < -0.39 is 53.8 Å². The number of esters is 1. The second-order valence-electron chi connectivity index (χ2n) is 4.55. The molecule has 0 saturated carbocycles. The van der Waals surface area contributed by atoms with Crippen LogP contribution in [-0.4, -0.2) is 17.6 Å². The lowest BCUT2D eigenvalue weighted by atomic mass is 10.2. The fraction of sp³-hybridized carbons (Fsp3) is 0.143. The van der Waals surface area contributed by atoms with Crippen molar-refractivity contribution in [2.24, 2.45) is 0 Å². The van der Waals surface area contributed by atoms with Crippen molar-refractivity contribution in [3.8, 4) is 5.88 Å². The van der Waals surface area contributed by atoms with Crippen LogP contribution in [0.25, 0.3) is 0 Å². The summed E-state index contributed by atoms with van der Waals surface area (Å²) in [4.78, 5) is 15.2. The fourth-order valence-electron chi connectivity index (χ4n) is 1.63. The van der Waals surface area contributed by atoms with E-state index in [-0.39, 0.29) is 21.1 Å². The van der Waals surface area contributed by atoms with Crippen LogP contribution in [0.4, 0.5) is 22.0 Å². The lowest BCUT2D eigenvalue weighted by Crippen LogP contribution is -2.17. The summed E-state index contributed by atoms with van der Waals surface area (Å²) in [5, 5.41) is -0.231. The molecule has 0 aliphatic heterocycles. The van der Waals surface area contributed by atoms with Gasteiger partial charge in [-0.3, -0.25) is 0 Å². The van der Waals surface area contributed by atoms with E-state index in [4.69, 9.17) is 39.5 Å². The molecule has 0 aliphatic rings. The van der Waals surface area contributed by atoms with Crippen LogP contribution in [-0.2, 0) is 16.1 Å². The van der Waals surface area contributed by atoms with Crippen LogP contribution in [0, 0.1) is 29.1 Å². The topological polar surface area (TPSA) is 48.4 Å². The van der Waals surface area contributed by atoms with Gasteiger partial charge in [-0.05, 0) is 6.07 Å². The number of pyridine rings is 1. The average Bonchev–Trinajstić information content (AvgIpc) is 2.60. The lowest BCUT2D eigenvalue weighted by molar-refractivity contribution is -0.147. The minimum Gasteiger partial charge on any atom is -0.465 e. The first-order valence-electron chi connectivity index (χ1n) is 6.43. The van der Waals surface area contributed by atoms with E-state index in [2.05, 4.69) is 9.72 Å². The third-order valence-electron chi connectivity index (χ3n) is 2.86. The second-order valence-corrected chi connectivity index (χ2v) is 5.72. The molecule has 2 rings (SSSR count). The zero-order chi connectivity index (χ0) is 19.6. The summed E-state index contributed by atoms with van der Waals surface area (Å²) in [6.45, 7) is -2.05. The van der Waals surface area contributed by atoms with Crippen LogP contribution in [0.2, 0.25) is 15.2 Å². The number of nitrogens with zero attached hydrogens (tertiary/aromatic N) is 1. The van der Waals surface area contributed by atoms with Gasteiger partial charge in [0.1, 0.15) is 11.6 Å². The maximum Gasteiger partial charge on any atom is 0.344 e. The highest BCUT2D eigenvalue weighted by molar-refractivity contribution is 6.42. The van der Waals surface area contributed by atoms with Crippen LogP contribution in [0.3, 0.4) is 0 Å². The van der Waals surface area contributed by atoms with Crippen molar-refractivity contribution in [1.82, 2.24) is 4.98 Å². The second kappa shape index (κ2) is 8.24. The van der Waals surface area contributed by atoms with Crippen molar-refractivity contribution in [1.29, 1.82) is 0 Å². The molecule has 0 atom stereocenters. The third-order valence-corrected chi connectivity index (χ3v) is 3.80. The first-order valence-corrected chi connectivity index (χ1v) is 7.57. The van der Waals surface area contributed by atoms with E-state index in [1.807, 2.05) is 0 Å². The Bertz CT molecular complexity index is 853. The summed E-state index contributed by atoms with van der Waals surface area (Å²) >= 11 is 17.0. The summed E-state index contributed by atoms with van der Waals surface area (Å²) in [5.74, 6) is -12.3. The number of carbonyl (C=O) groups excluding carboxylic acids is 1. The molecule has 0 bridgehead atoms. The maximum atomic E-state index is 13.4. The Kier molecular flexibility index (Phi) is 6.48. The molecule has 1 heterocycles. The smallest absolute Gasteiger partial charge is 0.344 e. The predicted molar refractivity (Wildman–Crippen MR) is 80.8 cm³/mol. The Morgan fingerprint density at radius 2 is 1.46 bits per heavy atom. The van der Waals surface area contributed by atoms with E-state index in [1.165, 1.54) is 6.07 Å².